The first-order valence-corrected chi connectivity index (χ1v) is 6.82. The number of hydrogen-bond donors (Lipinski definition) is 1. The van der Waals surface area contributed by atoms with E-state index in [1.54, 1.807) is 0 Å². The molecule has 1 N–H and O–H groups in total. The van der Waals surface area contributed by atoms with Crippen LogP contribution < -0.4 is 0 Å². The minimum absolute atomic E-state index is 0.434. The molecule has 0 saturated heterocycles. The summed E-state index contributed by atoms with van der Waals surface area (Å²) < 4.78 is 0. The second kappa shape index (κ2) is 5.47. The minimum atomic E-state index is -1.18. The molecule has 0 radical (unpaired) electrons. The third kappa shape index (κ3) is 2.89. The normalized spacial score (nSPS) is 21.4. The Kier molecular flexibility index (Phi) is 3.52. The second-order valence-electron chi connectivity index (χ2n) is 5.10. The largest absolute Gasteiger partial charge is 0.360 e. The van der Waals surface area contributed by atoms with Crippen LogP contribution in [0.1, 0.15) is 24.0 Å². The number of nitrogens with zero attached hydrogens (tertiary/aromatic N) is 1. The maximum Gasteiger partial charge on any atom is 0.240 e. The molecule has 3 heteroatoms. The Hall–Kier alpha value is -2.13. The first-order valence-electron chi connectivity index (χ1n) is 6.82. The van der Waals surface area contributed by atoms with Crippen LogP contribution in [0.5, 0.6) is 0 Å². The zero-order chi connectivity index (χ0) is 13.8. The number of aliphatic hydroxyl groups is 1. The van der Waals surface area contributed by atoms with Gasteiger partial charge >= 0.3 is 0 Å². The van der Waals surface area contributed by atoms with Gasteiger partial charge in [0.25, 0.3) is 0 Å². The molecule has 0 bridgehead atoms. The fraction of sp³-hybridized carbons (Fsp3) is 0.235. The Bertz CT molecular complexity index is 595. The van der Waals surface area contributed by atoms with E-state index in [1.807, 2.05) is 48.5 Å². The van der Waals surface area contributed by atoms with E-state index < -0.39 is 5.79 Å². The van der Waals surface area contributed by atoms with Gasteiger partial charge in [0.2, 0.25) is 5.79 Å². The van der Waals surface area contributed by atoms with Gasteiger partial charge in [0.1, 0.15) is 0 Å². The van der Waals surface area contributed by atoms with Gasteiger partial charge in [-0.05, 0) is 17.5 Å². The summed E-state index contributed by atoms with van der Waals surface area (Å²) >= 11 is 0. The van der Waals surface area contributed by atoms with Crippen LogP contribution in [0.15, 0.2) is 65.8 Å². The van der Waals surface area contributed by atoms with Crippen molar-refractivity contribution >= 4 is 5.71 Å². The highest BCUT2D eigenvalue weighted by Crippen LogP contribution is 2.28. The lowest BCUT2D eigenvalue weighted by molar-refractivity contribution is -0.188. The van der Waals surface area contributed by atoms with Crippen molar-refractivity contribution < 1.29 is 9.94 Å². The Labute approximate surface area is 118 Å². The fourth-order valence-electron chi connectivity index (χ4n) is 2.37. The molecule has 0 fully saturated rings. The van der Waals surface area contributed by atoms with E-state index in [0.29, 0.717) is 12.8 Å². The van der Waals surface area contributed by atoms with Crippen LogP contribution in [0.3, 0.4) is 0 Å². The van der Waals surface area contributed by atoms with Gasteiger partial charge in [-0.15, -0.1) is 0 Å². The van der Waals surface area contributed by atoms with Crippen molar-refractivity contribution in [2.75, 3.05) is 0 Å². The lowest BCUT2D eigenvalue weighted by Gasteiger charge is -2.19. The number of aryl methyl sites for hydroxylation is 1. The van der Waals surface area contributed by atoms with Crippen LogP contribution in [0.25, 0.3) is 0 Å². The topological polar surface area (TPSA) is 41.8 Å². The minimum Gasteiger partial charge on any atom is -0.360 e. The fourth-order valence-corrected chi connectivity index (χ4v) is 2.37. The van der Waals surface area contributed by atoms with Crippen molar-refractivity contribution in [1.29, 1.82) is 0 Å². The zero-order valence-corrected chi connectivity index (χ0v) is 11.2. The Morgan fingerprint density at radius 3 is 2.35 bits per heavy atom. The van der Waals surface area contributed by atoms with Crippen LogP contribution in [0.2, 0.25) is 0 Å². The summed E-state index contributed by atoms with van der Waals surface area (Å²) in [6.07, 6.45) is 1.75. The van der Waals surface area contributed by atoms with E-state index in [4.69, 9.17) is 4.84 Å². The summed E-state index contributed by atoms with van der Waals surface area (Å²) in [5.74, 6) is -1.18. The van der Waals surface area contributed by atoms with E-state index in [1.165, 1.54) is 5.56 Å². The molecule has 0 saturated carbocycles. The molecular weight excluding hydrogens is 250 g/mol. The highest BCUT2D eigenvalue weighted by molar-refractivity contribution is 6.01. The number of oxime groups is 1. The van der Waals surface area contributed by atoms with Crippen molar-refractivity contribution in [2.24, 2.45) is 5.16 Å². The maximum atomic E-state index is 10.4. The zero-order valence-electron chi connectivity index (χ0n) is 11.2. The van der Waals surface area contributed by atoms with Crippen molar-refractivity contribution in [1.82, 2.24) is 0 Å². The lowest BCUT2D eigenvalue weighted by atomic mass is 9.97. The molecule has 102 valence electrons. The molecule has 0 aliphatic carbocycles. The predicted octanol–water partition coefficient (Wildman–Crippen LogP) is 3.13. The van der Waals surface area contributed by atoms with Gasteiger partial charge in [-0.2, -0.15) is 0 Å². The van der Waals surface area contributed by atoms with Crippen molar-refractivity contribution in [3.63, 3.8) is 0 Å². The molecule has 2 aromatic rings. The van der Waals surface area contributed by atoms with E-state index in [2.05, 4.69) is 17.3 Å². The molecule has 3 rings (SSSR count). The quantitative estimate of drug-likeness (QED) is 0.924. The second-order valence-corrected chi connectivity index (χ2v) is 5.10. The molecule has 2 aromatic carbocycles. The number of rotatable bonds is 4. The van der Waals surface area contributed by atoms with Crippen LogP contribution in [-0.4, -0.2) is 16.6 Å². The van der Waals surface area contributed by atoms with E-state index >= 15 is 0 Å². The molecule has 3 nitrogen and oxygen atoms in total. The molecule has 1 unspecified atom stereocenters. The summed E-state index contributed by atoms with van der Waals surface area (Å²) in [7, 11) is 0. The lowest BCUT2D eigenvalue weighted by Crippen LogP contribution is -2.29. The molecule has 1 aliphatic heterocycles. The molecule has 1 atom stereocenters. The number of hydrogen-bond acceptors (Lipinski definition) is 3. The SMILES string of the molecule is OC1(CCc2ccccc2)CC(c2ccccc2)=NO1. The third-order valence-electron chi connectivity index (χ3n) is 3.52. The van der Waals surface area contributed by atoms with Crippen LogP contribution in [0.4, 0.5) is 0 Å². The van der Waals surface area contributed by atoms with Crippen molar-refractivity contribution in [2.45, 2.75) is 25.0 Å². The van der Waals surface area contributed by atoms with Crippen molar-refractivity contribution in [3.8, 4) is 0 Å². The van der Waals surface area contributed by atoms with Crippen LogP contribution >= 0.6 is 0 Å². The molecule has 0 amide bonds. The van der Waals surface area contributed by atoms with Crippen LogP contribution in [0, 0.1) is 0 Å². The average Bonchev–Trinajstić information content (AvgIpc) is 2.90. The number of benzene rings is 2. The molecule has 1 aliphatic rings. The Morgan fingerprint density at radius 1 is 1.00 bits per heavy atom. The standard InChI is InChI=1S/C17H17NO2/c19-17(12-11-14-7-3-1-4-8-14)13-16(18-20-17)15-9-5-2-6-10-15/h1-10,19H,11-13H2. The van der Waals surface area contributed by atoms with Crippen molar-refractivity contribution in [3.05, 3.63) is 71.8 Å². The Morgan fingerprint density at radius 2 is 1.65 bits per heavy atom. The van der Waals surface area contributed by atoms with Crippen LogP contribution in [-0.2, 0) is 11.3 Å². The molecule has 0 aromatic heterocycles. The highest BCUT2D eigenvalue weighted by atomic mass is 16.7. The van der Waals surface area contributed by atoms with E-state index in [9.17, 15) is 5.11 Å². The van der Waals surface area contributed by atoms with Gasteiger partial charge in [0, 0.05) is 6.42 Å². The van der Waals surface area contributed by atoms with Gasteiger partial charge in [0.15, 0.2) is 0 Å². The van der Waals surface area contributed by atoms with Gasteiger partial charge in [0.05, 0.1) is 12.1 Å². The summed E-state index contributed by atoms with van der Waals surface area (Å²) in [5, 5.41) is 14.5. The molecule has 1 heterocycles. The van der Waals surface area contributed by atoms with Gasteiger partial charge in [-0.25, -0.2) is 0 Å². The smallest absolute Gasteiger partial charge is 0.240 e. The summed E-state index contributed by atoms with van der Waals surface area (Å²) in [6.45, 7) is 0. The predicted molar refractivity (Wildman–Crippen MR) is 78.4 cm³/mol. The summed E-state index contributed by atoms with van der Waals surface area (Å²) in [4.78, 5) is 5.27. The van der Waals surface area contributed by atoms with Gasteiger partial charge < -0.3 is 9.94 Å². The van der Waals surface area contributed by atoms with E-state index in [-0.39, 0.29) is 0 Å². The third-order valence-corrected chi connectivity index (χ3v) is 3.52. The highest BCUT2D eigenvalue weighted by Gasteiger charge is 2.36. The van der Waals surface area contributed by atoms with E-state index in [0.717, 1.165) is 17.7 Å². The monoisotopic (exact) mass is 267 g/mol. The first-order chi connectivity index (χ1) is 9.75. The summed E-state index contributed by atoms with van der Waals surface area (Å²) in [5.41, 5.74) is 3.00. The van der Waals surface area contributed by atoms with Gasteiger partial charge in [-0.1, -0.05) is 65.8 Å². The first kappa shape index (κ1) is 12.9. The maximum absolute atomic E-state index is 10.4. The average molecular weight is 267 g/mol. The molecule has 20 heavy (non-hydrogen) atoms. The Balaban J connectivity index is 1.62. The summed E-state index contributed by atoms with van der Waals surface area (Å²) in [6, 6.07) is 19.9. The van der Waals surface area contributed by atoms with Gasteiger partial charge in [-0.3, -0.25) is 0 Å². The molecular formula is C17H17NO2. The molecule has 0 spiro atoms.